The Morgan fingerprint density at radius 1 is 1.50 bits per heavy atom. The van der Waals surface area contributed by atoms with Gasteiger partial charge in [0.15, 0.2) is 0 Å². The Kier molecular flexibility index (Phi) is 3.30. The second-order valence-corrected chi connectivity index (χ2v) is 4.09. The number of carbonyl (C=O) groups is 2. The molecular formula is C5H9O4P. The Balaban J connectivity index is 4.22. The molecule has 0 radical (unpaired) electrons. The molecule has 0 amide bonds. The number of rotatable bonds is 3. The van der Waals surface area contributed by atoms with Crippen molar-refractivity contribution in [1.29, 1.82) is 0 Å². The van der Waals surface area contributed by atoms with Crippen LogP contribution in [0.3, 0.4) is 0 Å². The monoisotopic (exact) mass is 164 g/mol. The number of carboxylic acids is 1. The third kappa shape index (κ3) is 2.31. The lowest BCUT2D eigenvalue weighted by atomic mass is 10.3. The minimum Gasteiger partial charge on any atom is -0.475 e. The van der Waals surface area contributed by atoms with Gasteiger partial charge in [0.2, 0.25) is 5.78 Å². The number of ketones is 1. The minimum absolute atomic E-state index is 0.831. The van der Waals surface area contributed by atoms with E-state index in [-0.39, 0.29) is 0 Å². The van der Waals surface area contributed by atoms with Crippen LogP contribution in [0.4, 0.5) is 0 Å². The average molecular weight is 164 g/mol. The largest absolute Gasteiger partial charge is 0.475 e. The standard InChI is InChI=1S/C5H9O4P/c1-3(10(2)9)4(6)5(7)8/h3,10H,1-2H3,(H,7,8). The zero-order valence-electron chi connectivity index (χ0n) is 5.75. The molecule has 0 saturated carbocycles. The predicted molar refractivity (Wildman–Crippen MR) is 37.0 cm³/mol. The first kappa shape index (κ1) is 9.37. The van der Waals surface area contributed by atoms with E-state index >= 15 is 0 Å². The first-order chi connectivity index (χ1) is 4.46. The van der Waals surface area contributed by atoms with E-state index in [1.807, 2.05) is 0 Å². The first-order valence-corrected chi connectivity index (χ1v) is 4.73. The van der Waals surface area contributed by atoms with Crippen molar-refractivity contribution < 1.29 is 19.3 Å². The Morgan fingerprint density at radius 3 is 2.00 bits per heavy atom. The molecule has 4 nitrogen and oxygen atoms in total. The summed E-state index contributed by atoms with van der Waals surface area (Å²) in [6.45, 7) is 2.73. The van der Waals surface area contributed by atoms with Gasteiger partial charge < -0.3 is 9.67 Å². The van der Waals surface area contributed by atoms with Crippen LogP contribution in [-0.4, -0.2) is 29.2 Å². The van der Waals surface area contributed by atoms with Gasteiger partial charge >= 0.3 is 5.97 Å². The highest BCUT2D eigenvalue weighted by Crippen LogP contribution is 2.22. The van der Waals surface area contributed by atoms with Crippen LogP contribution >= 0.6 is 7.80 Å². The number of carboxylic acid groups (broad SMARTS) is 1. The molecule has 0 aliphatic heterocycles. The summed E-state index contributed by atoms with van der Waals surface area (Å²) in [7, 11) is -2.04. The van der Waals surface area contributed by atoms with Gasteiger partial charge in [0.25, 0.3) is 0 Å². The lowest BCUT2D eigenvalue weighted by Crippen LogP contribution is -2.22. The Morgan fingerprint density at radius 2 is 1.90 bits per heavy atom. The molecule has 1 N–H and O–H groups in total. The summed E-state index contributed by atoms with van der Waals surface area (Å²) in [5.74, 6) is -2.47. The zero-order valence-corrected chi connectivity index (χ0v) is 6.75. The summed E-state index contributed by atoms with van der Waals surface area (Å²) in [6.07, 6.45) is 0. The summed E-state index contributed by atoms with van der Waals surface area (Å²) in [4.78, 5) is 20.5. The van der Waals surface area contributed by atoms with Crippen molar-refractivity contribution in [2.24, 2.45) is 0 Å². The molecule has 0 aromatic carbocycles. The van der Waals surface area contributed by atoms with E-state index in [4.69, 9.17) is 5.11 Å². The van der Waals surface area contributed by atoms with E-state index < -0.39 is 25.2 Å². The molecule has 0 spiro atoms. The van der Waals surface area contributed by atoms with E-state index in [0.29, 0.717) is 0 Å². The Hall–Kier alpha value is -0.630. The van der Waals surface area contributed by atoms with E-state index in [1.165, 1.54) is 13.6 Å². The van der Waals surface area contributed by atoms with Gasteiger partial charge in [-0.25, -0.2) is 4.79 Å². The molecule has 0 aliphatic rings. The molecule has 0 fully saturated rings. The fourth-order valence-corrected chi connectivity index (χ4v) is 0.863. The molecule has 0 aromatic rings. The van der Waals surface area contributed by atoms with Crippen LogP contribution in [0, 0.1) is 0 Å². The van der Waals surface area contributed by atoms with Gasteiger partial charge in [-0.15, -0.1) is 0 Å². The summed E-state index contributed by atoms with van der Waals surface area (Å²) in [5, 5.41) is 8.13. The molecule has 0 rings (SSSR count). The summed E-state index contributed by atoms with van der Waals surface area (Å²) in [5.41, 5.74) is -0.831. The number of hydrogen-bond acceptors (Lipinski definition) is 3. The highest BCUT2D eigenvalue weighted by atomic mass is 31.1. The predicted octanol–water partition coefficient (Wildman–Crippen LogP) is 0.218. The van der Waals surface area contributed by atoms with Crippen molar-refractivity contribution >= 4 is 19.6 Å². The van der Waals surface area contributed by atoms with Crippen LogP contribution in [0.25, 0.3) is 0 Å². The summed E-state index contributed by atoms with van der Waals surface area (Å²) < 4.78 is 10.6. The first-order valence-electron chi connectivity index (χ1n) is 2.74. The van der Waals surface area contributed by atoms with E-state index in [2.05, 4.69) is 0 Å². The molecule has 0 aromatic heterocycles. The van der Waals surface area contributed by atoms with Gasteiger partial charge in [0, 0.05) is 0 Å². The summed E-state index contributed by atoms with van der Waals surface area (Å²) in [6, 6.07) is 0. The Bertz CT molecular complexity index is 186. The molecule has 10 heavy (non-hydrogen) atoms. The number of Topliss-reactive ketones (excluding diaryl/α,β-unsaturated/α-hetero) is 1. The van der Waals surface area contributed by atoms with Crippen LogP contribution in [0.5, 0.6) is 0 Å². The number of hydrogen-bond donors (Lipinski definition) is 1. The molecule has 0 bridgehead atoms. The molecule has 0 aliphatic carbocycles. The van der Waals surface area contributed by atoms with Gasteiger partial charge in [-0.05, 0) is 13.6 Å². The van der Waals surface area contributed by atoms with Crippen molar-refractivity contribution in [3.05, 3.63) is 0 Å². The Labute approximate surface area is 59.0 Å². The fourth-order valence-electron chi connectivity index (χ4n) is 0.370. The third-order valence-corrected chi connectivity index (χ3v) is 2.70. The normalized spacial score (nSPS) is 15.8. The van der Waals surface area contributed by atoms with Crippen molar-refractivity contribution in [3.8, 4) is 0 Å². The van der Waals surface area contributed by atoms with Gasteiger partial charge in [-0.3, -0.25) is 4.79 Å². The smallest absolute Gasteiger partial charge is 0.372 e. The SMILES string of the molecule is CC(C(=O)C(=O)O)[PH](C)=O. The maximum absolute atomic E-state index is 10.6. The van der Waals surface area contributed by atoms with Gasteiger partial charge in [0.05, 0.1) is 13.5 Å². The highest BCUT2D eigenvalue weighted by molar-refractivity contribution is 7.46. The summed E-state index contributed by atoms with van der Waals surface area (Å²) >= 11 is 0. The van der Waals surface area contributed by atoms with Crippen LogP contribution < -0.4 is 0 Å². The number of aliphatic carboxylic acids is 1. The van der Waals surface area contributed by atoms with Crippen molar-refractivity contribution in [2.45, 2.75) is 12.6 Å². The quantitative estimate of drug-likeness (QED) is 0.478. The highest BCUT2D eigenvalue weighted by Gasteiger charge is 2.22. The van der Waals surface area contributed by atoms with Crippen molar-refractivity contribution in [2.75, 3.05) is 6.66 Å². The van der Waals surface area contributed by atoms with Crippen LogP contribution in [0.1, 0.15) is 6.92 Å². The van der Waals surface area contributed by atoms with Crippen LogP contribution in [0.15, 0.2) is 0 Å². The molecule has 2 unspecified atom stereocenters. The molecule has 0 heterocycles. The maximum Gasteiger partial charge on any atom is 0.372 e. The van der Waals surface area contributed by atoms with E-state index in [0.717, 1.165) is 0 Å². The molecule has 58 valence electrons. The topological polar surface area (TPSA) is 71.4 Å². The van der Waals surface area contributed by atoms with Crippen molar-refractivity contribution in [3.63, 3.8) is 0 Å². The number of carbonyl (C=O) groups excluding carboxylic acids is 1. The molecular weight excluding hydrogens is 155 g/mol. The lowest BCUT2D eigenvalue weighted by Gasteiger charge is -2.00. The maximum atomic E-state index is 10.6. The van der Waals surface area contributed by atoms with Crippen LogP contribution in [0.2, 0.25) is 0 Å². The lowest BCUT2D eigenvalue weighted by molar-refractivity contribution is -0.148. The van der Waals surface area contributed by atoms with Crippen LogP contribution in [-0.2, 0) is 14.2 Å². The van der Waals surface area contributed by atoms with E-state index in [1.54, 1.807) is 0 Å². The second kappa shape index (κ2) is 3.52. The minimum atomic E-state index is -2.04. The zero-order chi connectivity index (χ0) is 8.31. The van der Waals surface area contributed by atoms with Crippen molar-refractivity contribution in [1.82, 2.24) is 0 Å². The fraction of sp³-hybridized carbons (Fsp3) is 0.600. The van der Waals surface area contributed by atoms with Gasteiger partial charge in [-0.1, -0.05) is 0 Å². The van der Waals surface area contributed by atoms with Gasteiger partial charge in [-0.2, -0.15) is 0 Å². The van der Waals surface area contributed by atoms with E-state index in [9.17, 15) is 14.2 Å². The third-order valence-electron chi connectivity index (χ3n) is 1.21. The average Bonchev–Trinajstić information content (AvgIpc) is 1.84. The molecule has 5 heteroatoms. The molecule has 2 atom stereocenters. The second-order valence-electron chi connectivity index (χ2n) is 2.00. The molecule has 0 saturated heterocycles. The van der Waals surface area contributed by atoms with Gasteiger partial charge in [0.1, 0.15) is 0 Å².